The summed E-state index contributed by atoms with van der Waals surface area (Å²) in [6.45, 7) is 0. The lowest BCUT2D eigenvalue weighted by Crippen LogP contribution is -1.96. The molecule has 0 saturated heterocycles. The van der Waals surface area contributed by atoms with Crippen LogP contribution in [-0.2, 0) is 0 Å². The van der Waals surface area contributed by atoms with E-state index >= 15 is 0 Å². The van der Waals surface area contributed by atoms with Gasteiger partial charge in [0.25, 0.3) is 0 Å². The molecule has 1 saturated carbocycles. The maximum Gasteiger partial charge on any atom is 0.190 e. The number of rotatable bonds is 2. The van der Waals surface area contributed by atoms with Gasteiger partial charge in [-0.05, 0) is 30.4 Å². The number of hydrogen-bond donors (Lipinski definition) is 0. The third kappa shape index (κ3) is 1.39. The molecule has 2 rings (SSSR count). The van der Waals surface area contributed by atoms with E-state index in [1.54, 1.807) is 0 Å². The molecular formula is C10H10F2O. The Bertz CT molecular complexity index is 332. The van der Waals surface area contributed by atoms with Crippen molar-refractivity contribution in [3.63, 3.8) is 0 Å². The van der Waals surface area contributed by atoms with Crippen LogP contribution in [0.2, 0.25) is 0 Å². The SMILES string of the molecule is COc1c(F)ccc(C2CC2)c1F. The maximum atomic E-state index is 13.5. The van der Waals surface area contributed by atoms with Gasteiger partial charge in [0, 0.05) is 0 Å². The van der Waals surface area contributed by atoms with Gasteiger partial charge in [-0.2, -0.15) is 0 Å². The van der Waals surface area contributed by atoms with Crippen molar-refractivity contribution in [3.05, 3.63) is 29.3 Å². The van der Waals surface area contributed by atoms with E-state index in [4.69, 9.17) is 0 Å². The van der Waals surface area contributed by atoms with Crippen LogP contribution in [0, 0.1) is 11.6 Å². The third-order valence-corrected chi connectivity index (χ3v) is 2.30. The molecule has 1 aliphatic rings. The van der Waals surface area contributed by atoms with Gasteiger partial charge in [-0.25, -0.2) is 8.78 Å². The van der Waals surface area contributed by atoms with Crippen molar-refractivity contribution < 1.29 is 13.5 Å². The number of methoxy groups -OCH3 is 1. The van der Waals surface area contributed by atoms with Crippen molar-refractivity contribution in [2.45, 2.75) is 18.8 Å². The number of ether oxygens (including phenoxy) is 1. The van der Waals surface area contributed by atoms with Crippen LogP contribution >= 0.6 is 0 Å². The summed E-state index contributed by atoms with van der Waals surface area (Å²) in [7, 11) is 1.28. The number of halogens is 2. The van der Waals surface area contributed by atoms with E-state index in [0.717, 1.165) is 12.8 Å². The second-order valence-corrected chi connectivity index (χ2v) is 3.26. The summed E-state index contributed by atoms with van der Waals surface area (Å²) in [6.07, 6.45) is 1.98. The Labute approximate surface area is 75.3 Å². The highest BCUT2D eigenvalue weighted by atomic mass is 19.1. The van der Waals surface area contributed by atoms with Crippen LogP contribution < -0.4 is 4.74 Å². The minimum Gasteiger partial charge on any atom is -0.491 e. The van der Waals surface area contributed by atoms with Crippen LogP contribution in [-0.4, -0.2) is 7.11 Å². The first kappa shape index (κ1) is 8.48. The Morgan fingerprint density at radius 2 is 2.00 bits per heavy atom. The van der Waals surface area contributed by atoms with Gasteiger partial charge in [-0.1, -0.05) is 6.07 Å². The van der Waals surface area contributed by atoms with Crippen molar-refractivity contribution in [3.8, 4) is 5.75 Å². The molecule has 0 spiro atoms. The average Bonchev–Trinajstić information content (AvgIpc) is 2.88. The first-order valence-electron chi connectivity index (χ1n) is 4.26. The maximum absolute atomic E-state index is 13.5. The molecule has 70 valence electrons. The molecule has 0 amide bonds. The van der Waals surface area contributed by atoms with Crippen LogP contribution in [0.5, 0.6) is 5.75 Å². The van der Waals surface area contributed by atoms with E-state index in [1.165, 1.54) is 19.2 Å². The highest BCUT2D eigenvalue weighted by Gasteiger charge is 2.28. The second-order valence-electron chi connectivity index (χ2n) is 3.26. The van der Waals surface area contributed by atoms with Gasteiger partial charge in [0.1, 0.15) is 0 Å². The van der Waals surface area contributed by atoms with Crippen molar-refractivity contribution in [2.75, 3.05) is 7.11 Å². The van der Waals surface area contributed by atoms with Gasteiger partial charge in [0.2, 0.25) is 0 Å². The molecule has 1 aromatic carbocycles. The highest BCUT2D eigenvalue weighted by Crippen LogP contribution is 2.43. The molecule has 0 radical (unpaired) electrons. The van der Waals surface area contributed by atoms with Gasteiger partial charge < -0.3 is 4.74 Å². The summed E-state index contributed by atoms with van der Waals surface area (Å²) in [4.78, 5) is 0. The van der Waals surface area contributed by atoms with E-state index in [0.29, 0.717) is 5.56 Å². The van der Waals surface area contributed by atoms with Crippen LogP contribution in [0.3, 0.4) is 0 Å². The molecule has 3 heteroatoms. The van der Waals surface area contributed by atoms with Gasteiger partial charge in [0.15, 0.2) is 17.4 Å². The smallest absolute Gasteiger partial charge is 0.190 e. The Kier molecular flexibility index (Phi) is 1.94. The zero-order valence-electron chi connectivity index (χ0n) is 7.31. The number of hydrogen-bond acceptors (Lipinski definition) is 1. The van der Waals surface area contributed by atoms with E-state index in [-0.39, 0.29) is 11.7 Å². The minimum atomic E-state index is -0.635. The lowest BCUT2D eigenvalue weighted by molar-refractivity contribution is 0.357. The summed E-state index contributed by atoms with van der Waals surface area (Å²) < 4.78 is 31.1. The van der Waals surface area contributed by atoms with E-state index in [2.05, 4.69) is 4.74 Å². The molecule has 0 aromatic heterocycles. The van der Waals surface area contributed by atoms with Gasteiger partial charge in [-0.3, -0.25) is 0 Å². The first-order valence-corrected chi connectivity index (χ1v) is 4.26. The summed E-state index contributed by atoms with van der Waals surface area (Å²) in [5.41, 5.74) is 0.582. The molecule has 0 N–H and O–H groups in total. The minimum absolute atomic E-state index is 0.260. The van der Waals surface area contributed by atoms with Crippen molar-refractivity contribution >= 4 is 0 Å². The normalized spacial score (nSPS) is 15.9. The van der Waals surface area contributed by atoms with Gasteiger partial charge >= 0.3 is 0 Å². The Balaban J connectivity index is 2.47. The predicted octanol–water partition coefficient (Wildman–Crippen LogP) is 2.85. The van der Waals surface area contributed by atoms with Gasteiger partial charge in [0.05, 0.1) is 7.11 Å². The summed E-state index contributed by atoms with van der Waals surface area (Å²) in [6, 6.07) is 2.76. The first-order chi connectivity index (χ1) is 6.24. The fourth-order valence-electron chi connectivity index (χ4n) is 1.44. The Morgan fingerprint density at radius 3 is 2.54 bits per heavy atom. The van der Waals surface area contributed by atoms with Crippen molar-refractivity contribution in [1.82, 2.24) is 0 Å². The van der Waals surface area contributed by atoms with Crippen LogP contribution in [0.15, 0.2) is 12.1 Å². The molecule has 13 heavy (non-hydrogen) atoms. The average molecular weight is 184 g/mol. The molecule has 1 fully saturated rings. The monoisotopic (exact) mass is 184 g/mol. The Morgan fingerprint density at radius 1 is 1.31 bits per heavy atom. The molecule has 1 aliphatic carbocycles. The number of benzene rings is 1. The van der Waals surface area contributed by atoms with Crippen LogP contribution in [0.25, 0.3) is 0 Å². The van der Waals surface area contributed by atoms with Crippen LogP contribution in [0.1, 0.15) is 24.3 Å². The molecule has 0 bridgehead atoms. The molecule has 0 atom stereocenters. The van der Waals surface area contributed by atoms with E-state index in [1.807, 2.05) is 0 Å². The van der Waals surface area contributed by atoms with Crippen molar-refractivity contribution in [2.24, 2.45) is 0 Å². The highest BCUT2D eigenvalue weighted by molar-refractivity contribution is 5.36. The Hall–Kier alpha value is -1.12. The largest absolute Gasteiger partial charge is 0.491 e. The zero-order valence-corrected chi connectivity index (χ0v) is 7.31. The summed E-state index contributed by atoms with van der Waals surface area (Å²) >= 11 is 0. The van der Waals surface area contributed by atoms with E-state index in [9.17, 15) is 8.78 Å². The molecule has 0 aliphatic heterocycles. The predicted molar refractivity (Wildman–Crippen MR) is 44.9 cm³/mol. The molecule has 1 aromatic rings. The van der Waals surface area contributed by atoms with Crippen LogP contribution in [0.4, 0.5) is 8.78 Å². The summed E-state index contributed by atoms with van der Waals surface area (Å²) in [5, 5.41) is 0. The molecule has 0 unspecified atom stereocenters. The lowest BCUT2D eigenvalue weighted by atomic mass is 10.1. The molecule has 1 nitrogen and oxygen atoms in total. The lowest BCUT2D eigenvalue weighted by Gasteiger charge is -2.06. The zero-order chi connectivity index (χ0) is 9.42. The fourth-order valence-corrected chi connectivity index (χ4v) is 1.44. The third-order valence-electron chi connectivity index (χ3n) is 2.30. The quantitative estimate of drug-likeness (QED) is 0.686. The summed E-state index contributed by atoms with van der Waals surface area (Å²) in [5.74, 6) is -1.16. The second kappa shape index (κ2) is 2.98. The fraction of sp³-hybridized carbons (Fsp3) is 0.400. The van der Waals surface area contributed by atoms with Crippen molar-refractivity contribution in [1.29, 1.82) is 0 Å². The molecule has 0 heterocycles. The molecular weight excluding hydrogens is 174 g/mol. The van der Waals surface area contributed by atoms with E-state index < -0.39 is 11.6 Å². The van der Waals surface area contributed by atoms with Gasteiger partial charge in [-0.15, -0.1) is 0 Å². The standard InChI is InChI=1S/C10H10F2O/c1-13-10-8(11)5-4-7(9(10)12)6-2-3-6/h4-6H,2-3H2,1H3. The topological polar surface area (TPSA) is 9.23 Å².